The van der Waals surface area contributed by atoms with E-state index in [2.05, 4.69) is 10.4 Å². The van der Waals surface area contributed by atoms with E-state index in [0.717, 1.165) is 31.4 Å². The van der Waals surface area contributed by atoms with Crippen LogP contribution in [0.2, 0.25) is 0 Å². The van der Waals surface area contributed by atoms with Crippen LogP contribution in [0.3, 0.4) is 0 Å². The molecule has 1 aromatic carbocycles. The van der Waals surface area contributed by atoms with Crippen molar-refractivity contribution < 1.29 is 9.59 Å². The molecule has 3 rings (SSSR count). The Hall–Kier alpha value is -2.63. The number of carbonyl (C=O) groups excluding carboxylic acids is 2. The van der Waals surface area contributed by atoms with Gasteiger partial charge in [0, 0.05) is 25.4 Å². The van der Waals surface area contributed by atoms with Crippen LogP contribution in [0.1, 0.15) is 32.1 Å². The Balaban J connectivity index is 1.68. The van der Waals surface area contributed by atoms with Crippen molar-refractivity contribution in [2.45, 2.75) is 32.1 Å². The third-order valence-electron chi connectivity index (χ3n) is 4.19. The van der Waals surface area contributed by atoms with Crippen LogP contribution in [0.5, 0.6) is 0 Å². The molecule has 2 heterocycles. The Bertz CT molecular complexity index is 697. The zero-order valence-corrected chi connectivity index (χ0v) is 13.6. The van der Waals surface area contributed by atoms with E-state index < -0.39 is 0 Å². The lowest BCUT2D eigenvalue weighted by Crippen LogP contribution is -2.39. The normalized spacial score (nSPS) is 15.7. The minimum atomic E-state index is -0.177. The van der Waals surface area contributed by atoms with E-state index in [1.165, 1.54) is 0 Å². The van der Waals surface area contributed by atoms with Crippen molar-refractivity contribution in [3.8, 4) is 5.69 Å². The van der Waals surface area contributed by atoms with E-state index in [1.807, 2.05) is 36.5 Å². The van der Waals surface area contributed by atoms with E-state index in [1.54, 1.807) is 15.8 Å². The first-order valence-corrected chi connectivity index (χ1v) is 8.41. The van der Waals surface area contributed by atoms with Gasteiger partial charge in [-0.05, 0) is 31.0 Å². The predicted molar refractivity (Wildman–Crippen MR) is 91.9 cm³/mol. The fraction of sp³-hybridized carbons (Fsp3) is 0.389. The average Bonchev–Trinajstić information content (AvgIpc) is 3.09. The lowest BCUT2D eigenvalue weighted by Gasteiger charge is -2.24. The van der Waals surface area contributed by atoms with E-state index in [4.69, 9.17) is 0 Å². The smallest absolute Gasteiger partial charge is 0.244 e. The SMILES string of the molecule is O=C(CN1CCCCCCC1=O)Nc1ccccc1-n1cccn1. The molecule has 0 bridgehead atoms. The van der Waals surface area contributed by atoms with Crippen LogP contribution in [0.25, 0.3) is 5.69 Å². The molecule has 1 aromatic heterocycles. The molecule has 24 heavy (non-hydrogen) atoms. The molecule has 1 aliphatic rings. The van der Waals surface area contributed by atoms with Gasteiger partial charge in [0.2, 0.25) is 11.8 Å². The second-order valence-electron chi connectivity index (χ2n) is 6.00. The number of para-hydroxylation sites is 2. The minimum absolute atomic E-state index is 0.0743. The van der Waals surface area contributed by atoms with Crippen molar-refractivity contribution >= 4 is 17.5 Å². The Morgan fingerprint density at radius 2 is 1.96 bits per heavy atom. The highest BCUT2D eigenvalue weighted by molar-refractivity contribution is 5.96. The van der Waals surface area contributed by atoms with E-state index in [-0.39, 0.29) is 18.4 Å². The van der Waals surface area contributed by atoms with Crippen molar-refractivity contribution in [2.75, 3.05) is 18.4 Å². The topological polar surface area (TPSA) is 67.2 Å². The van der Waals surface area contributed by atoms with Crippen LogP contribution >= 0.6 is 0 Å². The van der Waals surface area contributed by atoms with Gasteiger partial charge in [-0.3, -0.25) is 9.59 Å². The summed E-state index contributed by atoms with van der Waals surface area (Å²) in [7, 11) is 0. The summed E-state index contributed by atoms with van der Waals surface area (Å²) in [5, 5.41) is 7.11. The molecule has 126 valence electrons. The Morgan fingerprint density at radius 1 is 1.12 bits per heavy atom. The van der Waals surface area contributed by atoms with Crippen molar-refractivity contribution in [2.24, 2.45) is 0 Å². The number of hydrogen-bond donors (Lipinski definition) is 1. The van der Waals surface area contributed by atoms with Crippen LogP contribution in [0.15, 0.2) is 42.7 Å². The first kappa shape index (κ1) is 16.2. The third-order valence-corrected chi connectivity index (χ3v) is 4.19. The summed E-state index contributed by atoms with van der Waals surface area (Å²) < 4.78 is 1.71. The summed E-state index contributed by atoms with van der Waals surface area (Å²) in [5.74, 6) is -0.103. The molecule has 0 saturated carbocycles. The average molecular weight is 326 g/mol. The Kier molecular flexibility index (Phi) is 5.25. The standard InChI is InChI=1S/C18H22N4O2/c23-17(14-21-12-6-2-1-3-10-18(21)24)20-15-8-4-5-9-16(15)22-13-7-11-19-22/h4-5,7-9,11,13H,1-3,6,10,12,14H2,(H,20,23). The molecule has 0 spiro atoms. The molecule has 0 aliphatic carbocycles. The summed E-state index contributed by atoms with van der Waals surface area (Å²) in [5.41, 5.74) is 1.49. The minimum Gasteiger partial charge on any atom is -0.333 e. The van der Waals surface area contributed by atoms with Gasteiger partial charge in [-0.2, -0.15) is 5.10 Å². The van der Waals surface area contributed by atoms with E-state index in [0.29, 0.717) is 18.7 Å². The van der Waals surface area contributed by atoms with Gasteiger partial charge < -0.3 is 10.2 Å². The van der Waals surface area contributed by atoms with Gasteiger partial charge in [0.25, 0.3) is 0 Å². The van der Waals surface area contributed by atoms with E-state index >= 15 is 0 Å². The fourth-order valence-electron chi connectivity index (χ4n) is 2.94. The maximum atomic E-state index is 12.4. The van der Waals surface area contributed by atoms with Gasteiger partial charge in [0.1, 0.15) is 0 Å². The molecule has 1 N–H and O–H groups in total. The molecule has 1 saturated heterocycles. The van der Waals surface area contributed by atoms with Crippen LogP contribution in [0, 0.1) is 0 Å². The molecule has 0 atom stereocenters. The molecule has 0 radical (unpaired) electrons. The highest BCUT2D eigenvalue weighted by Gasteiger charge is 2.19. The summed E-state index contributed by atoms with van der Waals surface area (Å²) in [6, 6.07) is 9.32. The second-order valence-corrected chi connectivity index (χ2v) is 6.00. The maximum Gasteiger partial charge on any atom is 0.244 e. The molecule has 1 fully saturated rings. The monoisotopic (exact) mass is 326 g/mol. The van der Waals surface area contributed by atoms with Crippen molar-refractivity contribution in [1.82, 2.24) is 14.7 Å². The summed E-state index contributed by atoms with van der Waals surface area (Å²) in [6.07, 6.45) is 8.15. The van der Waals surface area contributed by atoms with E-state index in [9.17, 15) is 9.59 Å². The van der Waals surface area contributed by atoms with Crippen molar-refractivity contribution in [1.29, 1.82) is 0 Å². The zero-order valence-electron chi connectivity index (χ0n) is 13.6. The Morgan fingerprint density at radius 3 is 2.79 bits per heavy atom. The number of rotatable bonds is 4. The van der Waals surface area contributed by atoms with Gasteiger partial charge >= 0.3 is 0 Å². The van der Waals surface area contributed by atoms with Crippen LogP contribution in [-0.2, 0) is 9.59 Å². The number of nitrogens with zero attached hydrogens (tertiary/aromatic N) is 3. The molecule has 6 nitrogen and oxygen atoms in total. The number of likely N-dealkylation sites (tertiary alicyclic amines) is 1. The maximum absolute atomic E-state index is 12.4. The van der Waals surface area contributed by atoms with Crippen LogP contribution in [0.4, 0.5) is 5.69 Å². The van der Waals surface area contributed by atoms with Crippen LogP contribution in [-0.4, -0.2) is 39.6 Å². The van der Waals surface area contributed by atoms with Gasteiger partial charge in [0.15, 0.2) is 0 Å². The molecular formula is C18H22N4O2. The highest BCUT2D eigenvalue weighted by atomic mass is 16.2. The molecule has 1 aliphatic heterocycles. The third kappa shape index (κ3) is 4.01. The molecule has 0 unspecified atom stereocenters. The Labute approximate surface area is 141 Å². The summed E-state index contributed by atoms with van der Waals surface area (Å²) in [6.45, 7) is 0.763. The lowest BCUT2D eigenvalue weighted by molar-refractivity contribution is -0.135. The van der Waals surface area contributed by atoms with Crippen LogP contribution < -0.4 is 5.32 Å². The second kappa shape index (κ2) is 7.77. The first-order chi connectivity index (χ1) is 11.7. The number of nitrogens with one attached hydrogen (secondary N) is 1. The summed E-state index contributed by atoms with van der Waals surface area (Å²) >= 11 is 0. The first-order valence-electron chi connectivity index (χ1n) is 8.41. The fourth-order valence-corrected chi connectivity index (χ4v) is 2.94. The van der Waals surface area contributed by atoms with Gasteiger partial charge in [-0.25, -0.2) is 4.68 Å². The molecule has 2 amide bonds. The number of benzene rings is 1. The number of anilines is 1. The van der Waals surface area contributed by atoms with Gasteiger partial charge in [-0.15, -0.1) is 0 Å². The zero-order chi connectivity index (χ0) is 16.8. The number of hydrogen-bond acceptors (Lipinski definition) is 3. The molecular weight excluding hydrogens is 304 g/mol. The largest absolute Gasteiger partial charge is 0.333 e. The quantitative estimate of drug-likeness (QED) is 0.939. The molecule has 6 heteroatoms. The van der Waals surface area contributed by atoms with Gasteiger partial charge in [0.05, 0.1) is 17.9 Å². The summed E-state index contributed by atoms with van der Waals surface area (Å²) in [4.78, 5) is 26.2. The lowest BCUT2D eigenvalue weighted by atomic mass is 10.1. The van der Waals surface area contributed by atoms with Crippen molar-refractivity contribution in [3.63, 3.8) is 0 Å². The highest BCUT2D eigenvalue weighted by Crippen LogP contribution is 2.19. The number of carbonyl (C=O) groups is 2. The number of amides is 2. The van der Waals surface area contributed by atoms with Crippen molar-refractivity contribution in [3.05, 3.63) is 42.7 Å². The number of aromatic nitrogens is 2. The predicted octanol–water partition coefficient (Wildman–Crippen LogP) is 2.60. The van der Waals surface area contributed by atoms with Gasteiger partial charge in [-0.1, -0.05) is 25.0 Å². The molecule has 2 aromatic rings.